The molecule has 0 radical (unpaired) electrons. The van der Waals surface area contributed by atoms with Gasteiger partial charge in [-0.3, -0.25) is 9.11 Å². The largest absolute Gasteiger partial charge is 0 e. The molecule has 0 bridgehead atoms. The molecule has 0 spiro atoms. The molecule has 0 rings (SSSR count). The van der Waals surface area contributed by atoms with Gasteiger partial charge in [0.25, 0.3) is 0 Å². The van der Waals surface area contributed by atoms with E-state index < -0.39 is 20.7 Å². The number of hydrogen-bond acceptors (Lipinski definition) is 5. The Morgan fingerprint density at radius 3 is 1.25 bits per heavy atom. The van der Waals surface area contributed by atoms with E-state index in [9.17, 15) is 8.42 Å². The van der Waals surface area contributed by atoms with Gasteiger partial charge in [0.15, 0.2) is 0 Å². The summed E-state index contributed by atoms with van der Waals surface area (Å²) in [6, 6.07) is 0. The van der Waals surface area contributed by atoms with Gasteiger partial charge < -0.3 is 0 Å². The number of nitrogens with one attached hydrogen (secondary N) is 1. The molecule has 102 valence electrons. The van der Waals surface area contributed by atoms with Crippen LogP contribution in [0.3, 0.4) is 0 Å². The van der Waals surface area contributed by atoms with Gasteiger partial charge in [0.2, 0.25) is 0 Å². The first-order chi connectivity index (χ1) is 5.97. The molecule has 0 amide bonds. The first-order valence-electron chi connectivity index (χ1n) is 1.98. The standard InChI is InChI=1S/CN.Fe.H2NO3S.Na.2Ni.H2O4S.H/c1-2;;1-5(2,3)4;;;;1-5(2,3)4;/h;;(H2-,1,2,3,4);;;;(H2,1,2,3,4);/q;;-1;;;+1;;. The Hall–Kier alpha value is 1.74. The van der Waals surface area contributed by atoms with Crippen LogP contribution in [0.5, 0.6) is 0 Å². The van der Waals surface area contributed by atoms with Gasteiger partial charge in [-0.25, -0.2) is 0 Å². The van der Waals surface area contributed by atoms with Crippen molar-refractivity contribution >= 4 is 50.3 Å². The molecule has 0 aliphatic rings. The van der Waals surface area contributed by atoms with Gasteiger partial charge in [0.05, 0.1) is 0 Å². The summed E-state index contributed by atoms with van der Waals surface area (Å²) in [5.74, 6) is 0. The average molecular weight is 417 g/mol. The number of nitrogens with zero attached hydrogens (tertiary/aromatic N) is 1. The normalized spacial score (nSPS) is 8.56. The monoisotopic (exact) mass is 416 g/mol. The molecule has 0 aliphatic heterocycles. The van der Waals surface area contributed by atoms with Crippen molar-refractivity contribution in [1.29, 1.82) is 5.26 Å². The molecule has 0 aromatic heterocycles. The van der Waals surface area contributed by atoms with Crippen molar-refractivity contribution in [2.75, 3.05) is 0 Å². The minimum absolute atomic E-state index is 0. The molecule has 0 saturated heterocycles. The van der Waals surface area contributed by atoms with Crippen LogP contribution < -0.4 is 3.80 Å². The maximum atomic E-state index is 9.35. The molecule has 0 aliphatic carbocycles. The summed E-state index contributed by atoms with van der Waals surface area (Å²) < 4.78 is 59.1. The fourth-order valence-electron chi connectivity index (χ4n) is 0. The van der Waals surface area contributed by atoms with Gasteiger partial charge in [0, 0.05) is 16.5 Å². The van der Waals surface area contributed by atoms with Gasteiger partial charge in [-0.15, -0.1) is 0 Å². The molecular weight excluding hydrogens is 412 g/mol. The zero-order valence-corrected chi connectivity index (χ0v) is 10.9. The second-order valence-electron chi connectivity index (χ2n) is 1.07. The SMILES string of the molecule is N#[C][Fe].O=S(=O)(O)O.O=S(=O)(O)[NH][Ni].[NaH].[Ni]. The second kappa shape index (κ2) is 16.7. The third kappa shape index (κ3) is 152. The Morgan fingerprint density at radius 2 is 1.25 bits per heavy atom. The topological polar surface area (TPSA) is 165 Å². The second-order valence-corrected chi connectivity index (χ2v) is 3.89. The minimum atomic E-state index is -4.67. The van der Waals surface area contributed by atoms with Crippen LogP contribution in [0.25, 0.3) is 0 Å². The Labute approximate surface area is 141 Å². The van der Waals surface area contributed by atoms with E-state index in [1.807, 2.05) is 0 Å². The molecule has 0 aromatic rings. The van der Waals surface area contributed by atoms with Crippen LogP contribution in [-0.2, 0) is 68.9 Å². The predicted octanol–water partition coefficient (Wildman–Crippen LogP) is -2.45. The summed E-state index contributed by atoms with van der Waals surface area (Å²) in [6.45, 7) is 0. The fourth-order valence-corrected chi connectivity index (χ4v) is 0. The van der Waals surface area contributed by atoms with Crippen LogP contribution in [0, 0.1) is 10.2 Å². The molecule has 0 heterocycles. The maximum Gasteiger partial charge on any atom is 0 e. The molecule has 0 saturated carbocycles. The smallest absolute Gasteiger partial charge is 0 e. The molecule has 0 atom stereocenters. The third-order valence-electron chi connectivity index (χ3n) is 0.0816. The number of hydrogen-bond donors (Lipinski definition) is 4. The van der Waals surface area contributed by atoms with Crippen molar-refractivity contribution in [3.8, 4) is 4.97 Å². The summed E-state index contributed by atoms with van der Waals surface area (Å²) in [7, 11) is -8.75. The van der Waals surface area contributed by atoms with Crippen LogP contribution in [0.1, 0.15) is 0 Å². The number of nitriles is 1. The van der Waals surface area contributed by atoms with Gasteiger partial charge in [-0.2, -0.15) is 8.42 Å². The first-order valence-corrected chi connectivity index (χ1v) is 5.86. The van der Waals surface area contributed by atoms with Crippen molar-refractivity contribution in [3.05, 3.63) is 0 Å². The summed E-state index contributed by atoms with van der Waals surface area (Å²) in [4.78, 5) is 1.50. The molecule has 0 unspecified atom stereocenters. The maximum absolute atomic E-state index is 9.35. The molecule has 0 fully saturated rings. The summed E-state index contributed by atoms with van der Waals surface area (Å²) in [5, 5.41) is 7.21. The number of rotatable bonds is 1. The Morgan fingerprint density at radius 1 is 1.19 bits per heavy atom. The Bertz CT molecular complexity index is 354. The van der Waals surface area contributed by atoms with Crippen molar-refractivity contribution in [3.63, 3.8) is 0 Å². The van der Waals surface area contributed by atoms with Crippen LogP contribution in [0.15, 0.2) is 0 Å². The van der Waals surface area contributed by atoms with Crippen molar-refractivity contribution in [2.24, 2.45) is 0 Å². The van der Waals surface area contributed by atoms with E-state index in [1.54, 1.807) is 0 Å². The molecule has 15 heteroatoms. The zero-order valence-electron chi connectivity index (χ0n) is 6.22. The zero-order chi connectivity index (χ0) is 12.4. The summed E-state index contributed by atoms with van der Waals surface area (Å²) >= 11 is 6.23. The molecular formula is CH5FeN2NaNi2O7S2. The Balaban J connectivity index is -0.0000000373. The molecule has 9 nitrogen and oxygen atoms in total. The van der Waals surface area contributed by atoms with Crippen molar-refractivity contribution in [1.82, 2.24) is 3.80 Å². The van der Waals surface area contributed by atoms with Gasteiger partial charge in [-0.05, 0) is 0 Å². The van der Waals surface area contributed by atoms with Gasteiger partial charge in [-0.1, -0.05) is 0 Å². The van der Waals surface area contributed by atoms with Crippen LogP contribution in [-0.4, -0.2) is 60.1 Å². The van der Waals surface area contributed by atoms with Gasteiger partial charge in [0.1, 0.15) is 0 Å². The van der Waals surface area contributed by atoms with Gasteiger partial charge >= 0.3 is 109 Å². The van der Waals surface area contributed by atoms with E-state index in [1.165, 1.54) is 8.77 Å². The fraction of sp³-hybridized carbons (Fsp3) is 0. The van der Waals surface area contributed by atoms with Crippen LogP contribution >= 0.6 is 0 Å². The molecule has 4 N–H and O–H groups in total. The summed E-state index contributed by atoms with van der Waals surface area (Å²) in [5.41, 5.74) is 0. The van der Waals surface area contributed by atoms with E-state index in [2.05, 4.69) is 31.7 Å². The van der Waals surface area contributed by atoms with Crippen molar-refractivity contribution < 1.29 is 78.7 Å². The van der Waals surface area contributed by atoms with E-state index in [0.29, 0.717) is 0 Å². The summed E-state index contributed by atoms with van der Waals surface area (Å²) in [6.07, 6.45) is 0. The predicted molar refractivity (Wildman–Crippen MR) is 41.6 cm³/mol. The quantitative estimate of drug-likeness (QED) is 0.270. The van der Waals surface area contributed by atoms with Crippen LogP contribution in [0.4, 0.5) is 0 Å². The average Bonchev–Trinajstić information content (AvgIpc) is 1.84. The molecule has 0 aromatic carbocycles. The van der Waals surface area contributed by atoms with Crippen molar-refractivity contribution in [2.45, 2.75) is 0 Å². The van der Waals surface area contributed by atoms with E-state index in [4.69, 9.17) is 27.3 Å². The Kier molecular flexibility index (Phi) is 32.0. The van der Waals surface area contributed by atoms with E-state index in [0.717, 1.165) is 0 Å². The van der Waals surface area contributed by atoms with Crippen LogP contribution in [0.2, 0.25) is 0 Å². The molecule has 16 heavy (non-hydrogen) atoms. The van der Waals surface area contributed by atoms with E-state index in [-0.39, 0.29) is 46.0 Å². The first kappa shape index (κ1) is 30.6. The third-order valence-corrected chi connectivity index (χ3v) is 1.01. The minimum Gasteiger partial charge on any atom is 0 e. The van der Waals surface area contributed by atoms with E-state index >= 15 is 0 Å².